The van der Waals surface area contributed by atoms with Crippen LogP contribution in [0.25, 0.3) is 11.0 Å². The zero-order chi connectivity index (χ0) is 36.4. The molecule has 0 spiro atoms. The van der Waals surface area contributed by atoms with Crippen LogP contribution in [-0.4, -0.2) is 57.3 Å². The summed E-state index contributed by atoms with van der Waals surface area (Å²) in [6.45, 7) is 3.49. The van der Waals surface area contributed by atoms with Gasteiger partial charge in [-0.25, -0.2) is 4.79 Å². The number of phenolic OH excluding ortho intramolecular Hbond substituents is 1. The van der Waals surface area contributed by atoms with E-state index < -0.39 is 53.8 Å². The summed E-state index contributed by atoms with van der Waals surface area (Å²) in [4.78, 5) is 35.4. The number of rotatable bonds is 17. The van der Waals surface area contributed by atoms with Gasteiger partial charge in [-0.1, -0.05) is 37.6 Å². The Bertz CT molecular complexity index is 1730. The van der Waals surface area contributed by atoms with E-state index in [1.807, 2.05) is 6.92 Å². The smallest absolute Gasteiger partial charge is 0.507 e. The number of carbonyl (C=O) groups excluding carboxylic acids is 1. The SMILES string of the molecule is CCCc1c(OCC/C=C\C=C\[C@H](Sc2ccc3c(=O)cc(OC(=O)O)oc3c2)[C@H](O)CCCC(F)(F)C(F)(F)F)ccc(C(C)=O)c1O. The first kappa shape index (κ1) is 39.1. The summed E-state index contributed by atoms with van der Waals surface area (Å²) in [5, 5.41) is 29.4. The second-order valence-corrected chi connectivity index (χ2v) is 12.1. The fourth-order valence-corrected chi connectivity index (χ4v) is 5.78. The molecular formula is C34H35F5O9S. The molecule has 3 N–H and O–H groups in total. The fourth-order valence-electron chi connectivity index (χ4n) is 4.68. The number of ether oxygens (including phenoxy) is 2. The highest BCUT2D eigenvalue weighted by atomic mass is 32.2. The number of phenols is 1. The lowest BCUT2D eigenvalue weighted by molar-refractivity contribution is -0.284. The molecule has 0 aliphatic carbocycles. The summed E-state index contributed by atoms with van der Waals surface area (Å²) >= 11 is 1.01. The maximum Gasteiger partial charge on any atom is 0.513 e. The number of halogens is 5. The van der Waals surface area contributed by atoms with Crippen molar-refractivity contribution in [3.05, 3.63) is 82.1 Å². The Labute approximate surface area is 282 Å². The molecule has 2 atom stereocenters. The predicted molar refractivity (Wildman–Crippen MR) is 172 cm³/mol. The first-order valence-electron chi connectivity index (χ1n) is 15.1. The molecule has 1 heterocycles. The third-order valence-corrected chi connectivity index (χ3v) is 8.40. The predicted octanol–water partition coefficient (Wildman–Crippen LogP) is 8.48. The van der Waals surface area contributed by atoms with Gasteiger partial charge in [-0.2, -0.15) is 22.0 Å². The number of aromatic hydroxyl groups is 1. The minimum atomic E-state index is -5.71. The molecule has 0 saturated heterocycles. The van der Waals surface area contributed by atoms with Crippen LogP contribution in [0, 0.1) is 0 Å². The standard InChI is InChI=1S/C34H35F5O9S/c1-3-9-24-27(15-14-22(20(2)40)31(24)43)46-17-7-5-4-6-11-29(25(41)10-8-16-33(35,36)34(37,38)39)49-21-12-13-23-26(42)19-30(48-32(44)45)47-28(23)18-21/h4-6,11-15,18-19,25,29,41,43H,3,7-10,16-17H2,1-2H3,(H,44,45)/b5-4-,11-6+/t25-,29+/m1/s1. The van der Waals surface area contributed by atoms with E-state index in [-0.39, 0.29) is 41.1 Å². The first-order valence-corrected chi connectivity index (χ1v) is 16.0. The average Bonchev–Trinajstić information content (AvgIpc) is 3.00. The van der Waals surface area contributed by atoms with Gasteiger partial charge in [0.1, 0.15) is 17.1 Å². The zero-order valence-corrected chi connectivity index (χ0v) is 27.3. The summed E-state index contributed by atoms with van der Waals surface area (Å²) in [6.07, 6.45) is -3.26. The zero-order valence-electron chi connectivity index (χ0n) is 26.5. The molecule has 9 nitrogen and oxygen atoms in total. The quantitative estimate of drug-likeness (QED) is 0.0311. The van der Waals surface area contributed by atoms with E-state index in [0.717, 1.165) is 17.8 Å². The van der Waals surface area contributed by atoms with Crippen LogP contribution in [0.4, 0.5) is 26.7 Å². The second kappa shape index (κ2) is 17.3. The molecule has 3 rings (SSSR count). The molecule has 1 aromatic heterocycles. The van der Waals surface area contributed by atoms with Gasteiger partial charge in [0.15, 0.2) is 11.2 Å². The molecule has 0 fully saturated rings. The van der Waals surface area contributed by atoms with E-state index in [4.69, 9.17) is 14.3 Å². The Kier molecular flexibility index (Phi) is 13.8. The van der Waals surface area contributed by atoms with Crippen LogP contribution < -0.4 is 14.9 Å². The lowest BCUT2D eigenvalue weighted by atomic mass is 10.0. The number of hydrogen-bond donors (Lipinski definition) is 3. The number of fused-ring (bicyclic) bond motifs is 1. The molecule has 2 aromatic carbocycles. The maximum absolute atomic E-state index is 13.5. The molecule has 15 heteroatoms. The topological polar surface area (TPSA) is 144 Å². The van der Waals surface area contributed by atoms with Crippen molar-refractivity contribution in [1.29, 1.82) is 0 Å². The van der Waals surface area contributed by atoms with Crippen LogP contribution in [0.3, 0.4) is 0 Å². The van der Waals surface area contributed by atoms with Crippen molar-refractivity contribution in [3.8, 4) is 17.4 Å². The van der Waals surface area contributed by atoms with Gasteiger partial charge in [0, 0.05) is 16.9 Å². The minimum absolute atomic E-state index is 0.0398. The van der Waals surface area contributed by atoms with Gasteiger partial charge in [-0.3, -0.25) is 9.59 Å². The summed E-state index contributed by atoms with van der Waals surface area (Å²) in [5.41, 5.74) is 0.105. The number of allylic oxidation sites excluding steroid dienone is 2. The van der Waals surface area contributed by atoms with Gasteiger partial charge < -0.3 is 29.2 Å². The van der Waals surface area contributed by atoms with Crippen LogP contribution in [0.1, 0.15) is 61.9 Å². The number of aliphatic hydroxyl groups excluding tert-OH is 1. The number of alkyl halides is 5. The normalized spacial score (nSPS) is 13.6. The molecule has 266 valence electrons. The van der Waals surface area contributed by atoms with E-state index in [1.165, 1.54) is 37.3 Å². The molecule has 0 amide bonds. The summed E-state index contributed by atoms with van der Waals surface area (Å²) in [5.74, 6) is -5.43. The van der Waals surface area contributed by atoms with Crippen LogP contribution in [0.5, 0.6) is 17.4 Å². The summed E-state index contributed by atoms with van der Waals surface area (Å²) in [7, 11) is 0. The van der Waals surface area contributed by atoms with Crippen LogP contribution in [0.2, 0.25) is 0 Å². The fraction of sp³-hybridized carbons (Fsp3) is 0.382. The van der Waals surface area contributed by atoms with Crippen molar-refractivity contribution in [2.45, 2.75) is 80.7 Å². The van der Waals surface area contributed by atoms with Crippen molar-refractivity contribution < 1.29 is 60.8 Å². The molecule has 49 heavy (non-hydrogen) atoms. The molecule has 0 aliphatic rings. The molecule has 0 saturated carbocycles. The number of thioether (sulfide) groups is 1. The molecule has 0 bridgehead atoms. The lowest BCUT2D eigenvalue weighted by Gasteiger charge is -2.22. The highest BCUT2D eigenvalue weighted by Gasteiger charge is 2.56. The van der Waals surface area contributed by atoms with E-state index in [9.17, 15) is 46.5 Å². The van der Waals surface area contributed by atoms with Gasteiger partial charge in [-0.15, -0.1) is 11.8 Å². The van der Waals surface area contributed by atoms with Crippen molar-refractivity contribution >= 4 is 34.7 Å². The van der Waals surface area contributed by atoms with Crippen molar-refractivity contribution in [2.75, 3.05) is 6.61 Å². The Morgan fingerprint density at radius 2 is 1.82 bits per heavy atom. The highest BCUT2D eigenvalue weighted by molar-refractivity contribution is 8.00. The largest absolute Gasteiger partial charge is 0.513 e. The van der Waals surface area contributed by atoms with Gasteiger partial charge >= 0.3 is 18.3 Å². The van der Waals surface area contributed by atoms with E-state index >= 15 is 0 Å². The van der Waals surface area contributed by atoms with Crippen molar-refractivity contribution in [3.63, 3.8) is 0 Å². The number of benzene rings is 2. The van der Waals surface area contributed by atoms with Crippen molar-refractivity contribution in [1.82, 2.24) is 0 Å². The summed E-state index contributed by atoms with van der Waals surface area (Å²) in [6, 6.07) is 8.24. The third-order valence-electron chi connectivity index (χ3n) is 7.13. The minimum Gasteiger partial charge on any atom is -0.507 e. The number of Topliss-reactive ketones (excluding diaryl/α,β-unsaturated/α-hetero) is 1. The van der Waals surface area contributed by atoms with Crippen LogP contribution in [0.15, 0.2) is 74.8 Å². The molecule has 0 aliphatic heterocycles. The van der Waals surface area contributed by atoms with E-state index in [2.05, 4.69) is 4.74 Å². The maximum atomic E-state index is 13.5. The van der Waals surface area contributed by atoms with Crippen LogP contribution >= 0.6 is 11.8 Å². The molecule has 0 radical (unpaired) electrons. The Hall–Kier alpha value is -4.37. The number of aliphatic hydroxyl groups is 1. The molecular weight excluding hydrogens is 679 g/mol. The van der Waals surface area contributed by atoms with Gasteiger partial charge in [0.25, 0.3) is 5.95 Å². The van der Waals surface area contributed by atoms with Gasteiger partial charge in [-0.05, 0) is 62.9 Å². The molecule has 0 unspecified atom stereocenters. The number of carbonyl (C=O) groups is 2. The van der Waals surface area contributed by atoms with E-state index in [1.54, 1.807) is 24.3 Å². The first-order chi connectivity index (χ1) is 23.0. The lowest BCUT2D eigenvalue weighted by Crippen LogP contribution is -2.36. The Morgan fingerprint density at radius 1 is 1.08 bits per heavy atom. The van der Waals surface area contributed by atoms with Gasteiger partial charge in [0.2, 0.25) is 0 Å². The number of ketones is 1. The summed E-state index contributed by atoms with van der Waals surface area (Å²) < 4.78 is 80.4. The number of carboxylic acid groups (broad SMARTS) is 1. The molecule has 3 aromatic rings. The van der Waals surface area contributed by atoms with E-state index in [0.29, 0.717) is 35.5 Å². The Balaban J connectivity index is 1.74. The van der Waals surface area contributed by atoms with Crippen molar-refractivity contribution in [2.24, 2.45) is 0 Å². The second-order valence-electron chi connectivity index (χ2n) is 10.9. The number of hydrogen-bond acceptors (Lipinski definition) is 9. The third kappa shape index (κ3) is 11.1. The Morgan fingerprint density at radius 3 is 2.47 bits per heavy atom. The van der Waals surface area contributed by atoms with Crippen LogP contribution in [-0.2, 0) is 6.42 Å². The highest BCUT2D eigenvalue weighted by Crippen LogP contribution is 2.40. The van der Waals surface area contributed by atoms with Gasteiger partial charge in [0.05, 0.1) is 35.0 Å². The monoisotopic (exact) mass is 714 g/mol. The average molecular weight is 715 g/mol.